The molecule has 1 heterocycles. The maximum atomic E-state index is 13.8. The highest BCUT2D eigenvalue weighted by Crippen LogP contribution is 2.44. The van der Waals surface area contributed by atoms with E-state index in [0.29, 0.717) is 0 Å². The number of ketones is 1. The van der Waals surface area contributed by atoms with Crippen molar-refractivity contribution < 1.29 is 28.0 Å². The molecule has 0 amide bonds. The minimum Gasteiger partial charge on any atom is -0.363 e. The SMILES string of the molecule is O=C(c1ccccc1)[C@H]1[C@H](c2ccc([N+](=O)[O-])cc2)NC(=S)N[C@]1(O)C(F)(F)F. The second-order valence-electron chi connectivity index (χ2n) is 6.40. The van der Waals surface area contributed by atoms with E-state index in [1.165, 1.54) is 36.4 Å². The first-order valence-electron chi connectivity index (χ1n) is 8.26. The molecule has 1 aliphatic heterocycles. The fraction of sp³-hybridized carbons (Fsp3) is 0.222. The molecule has 1 saturated heterocycles. The summed E-state index contributed by atoms with van der Waals surface area (Å²) >= 11 is 4.82. The summed E-state index contributed by atoms with van der Waals surface area (Å²) < 4.78 is 41.5. The van der Waals surface area contributed by atoms with Crippen LogP contribution in [-0.4, -0.2) is 32.8 Å². The van der Waals surface area contributed by atoms with E-state index in [-0.39, 0.29) is 16.8 Å². The number of nitrogens with zero attached hydrogens (tertiary/aromatic N) is 1. The standard InChI is InChI=1S/C18H14F3N3O4S/c19-18(20,21)17(26)13(15(25)11-4-2-1-3-5-11)14(22-16(29)23-17)10-6-8-12(9-7-10)24(27)28/h1-9,13-14,26H,(H2,22,23,29)/t13-,14+,17-/m1/s1. The van der Waals surface area contributed by atoms with Gasteiger partial charge in [0.15, 0.2) is 10.9 Å². The molecule has 3 atom stereocenters. The number of nitro groups is 1. The van der Waals surface area contributed by atoms with E-state index in [1.807, 2.05) is 0 Å². The summed E-state index contributed by atoms with van der Waals surface area (Å²) in [5.41, 5.74) is -3.84. The minimum atomic E-state index is -5.24. The fourth-order valence-corrected chi connectivity index (χ4v) is 3.48. The third-order valence-corrected chi connectivity index (χ3v) is 4.83. The highest BCUT2D eigenvalue weighted by Gasteiger charge is 2.65. The van der Waals surface area contributed by atoms with Crippen molar-refractivity contribution in [2.24, 2.45) is 5.92 Å². The number of benzene rings is 2. The fourth-order valence-electron chi connectivity index (χ4n) is 3.20. The lowest BCUT2D eigenvalue weighted by Crippen LogP contribution is -2.72. The van der Waals surface area contributed by atoms with Crippen LogP contribution in [0.1, 0.15) is 22.0 Å². The van der Waals surface area contributed by atoms with Crippen molar-refractivity contribution >= 4 is 28.8 Å². The number of thiocarbonyl (C=S) groups is 1. The van der Waals surface area contributed by atoms with E-state index < -0.39 is 39.7 Å². The average Bonchev–Trinajstić information content (AvgIpc) is 2.67. The number of hydrogen-bond donors (Lipinski definition) is 3. The zero-order chi connectivity index (χ0) is 21.4. The molecule has 0 aliphatic carbocycles. The second-order valence-corrected chi connectivity index (χ2v) is 6.81. The number of halogens is 3. The molecule has 3 N–H and O–H groups in total. The Balaban J connectivity index is 2.14. The van der Waals surface area contributed by atoms with Gasteiger partial charge >= 0.3 is 6.18 Å². The molecular formula is C18H14F3N3O4S. The summed E-state index contributed by atoms with van der Waals surface area (Å²) in [4.78, 5) is 23.2. The van der Waals surface area contributed by atoms with E-state index in [2.05, 4.69) is 5.32 Å². The Morgan fingerprint density at radius 3 is 2.24 bits per heavy atom. The molecule has 1 fully saturated rings. The molecule has 0 spiro atoms. The molecule has 0 saturated carbocycles. The van der Waals surface area contributed by atoms with Gasteiger partial charge in [0, 0.05) is 17.7 Å². The first-order valence-corrected chi connectivity index (χ1v) is 8.67. The largest absolute Gasteiger partial charge is 0.437 e. The lowest BCUT2D eigenvalue weighted by Gasteiger charge is -2.46. The number of alkyl halides is 3. The third kappa shape index (κ3) is 3.78. The number of carbonyl (C=O) groups is 1. The Kier molecular flexibility index (Phi) is 5.28. The molecule has 0 unspecified atom stereocenters. The maximum Gasteiger partial charge on any atom is 0.437 e. The highest BCUT2D eigenvalue weighted by atomic mass is 32.1. The van der Waals surface area contributed by atoms with Crippen LogP contribution < -0.4 is 10.6 Å². The quantitative estimate of drug-likeness (QED) is 0.299. The number of aliphatic hydroxyl groups is 1. The van der Waals surface area contributed by atoms with E-state index >= 15 is 0 Å². The Labute approximate surface area is 167 Å². The summed E-state index contributed by atoms with van der Waals surface area (Å²) in [6, 6.07) is 10.5. The molecule has 0 aromatic heterocycles. The predicted molar refractivity (Wildman–Crippen MR) is 100.0 cm³/mol. The Hall–Kier alpha value is -3.05. The molecular weight excluding hydrogens is 411 g/mol. The van der Waals surface area contributed by atoms with Crippen LogP contribution in [0.3, 0.4) is 0 Å². The van der Waals surface area contributed by atoms with Crippen LogP contribution in [0.15, 0.2) is 54.6 Å². The van der Waals surface area contributed by atoms with Crippen molar-refractivity contribution in [3.05, 3.63) is 75.8 Å². The van der Waals surface area contributed by atoms with Gasteiger partial charge in [0.05, 0.1) is 11.0 Å². The van der Waals surface area contributed by atoms with Gasteiger partial charge in [-0.15, -0.1) is 0 Å². The van der Waals surface area contributed by atoms with Crippen LogP contribution in [0.4, 0.5) is 18.9 Å². The first-order chi connectivity index (χ1) is 13.5. The van der Waals surface area contributed by atoms with Gasteiger partial charge in [-0.3, -0.25) is 14.9 Å². The molecule has 2 aromatic rings. The van der Waals surface area contributed by atoms with Crippen LogP contribution in [-0.2, 0) is 0 Å². The number of Topliss-reactive ketones (excluding diaryl/α,β-unsaturated/α-hetero) is 1. The highest BCUT2D eigenvalue weighted by molar-refractivity contribution is 7.80. The first kappa shape index (κ1) is 20.7. The molecule has 29 heavy (non-hydrogen) atoms. The normalized spacial score (nSPS) is 24.3. The van der Waals surface area contributed by atoms with Gasteiger partial charge in [-0.2, -0.15) is 13.2 Å². The zero-order valence-electron chi connectivity index (χ0n) is 14.5. The summed E-state index contributed by atoms with van der Waals surface area (Å²) in [5, 5.41) is 25.3. The van der Waals surface area contributed by atoms with Crippen LogP contribution >= 0.6 is 12.2 Å². The summed E-state index contributed by atoms with van der Waals surface area (Å²) in [6.07, 6.45) is -5.24. The van der Waals surface area contributed by atoms with Gasteiger partial charge in [0.25, 0.3) is 5.69 Å². The van der Waals surface area contributed by atoms with E-state index in [0.717, 1.165) is 12.1 Å². The van der Waals surface area contributed by atoms with Crippen LogP contribution in [0.2, 0.25) is 0 Å². The average molecular weight is 425 g/mol. The number of nitrogens with one attached hydrogen (secondary N) is 2. The van der Waals surface area contributed by atoms with Gasteiger partial charge in [-0.05, 0) is 17.8 Å². The topological polar surface area (TPSA) is 104 Å². The molecule has 1 aliphatic rings. The van der Waals surface area contributed by atoms with Gasteiger partial charge in [-0.25, -0.2) is 0 Å². The summed E-state index contributed by atoms with van der Waals surface area (Å²) in [7, 11) is 0. The monoisotopic (exact) mass is 425 g/mol. The van der Waals surface area contributed by atoms with Crippen molar-refractivity contribution in [2.75, 3.05) is 0 Å². The molecule has 152 valence electrons. The van der Waals surface area contributed by atoms with Crippen LogP contribution in [0, 0.1) is 16.0 Å². The van der Waals surface area contributed by atoms with Crippen molar-refractivity contribution in [1.82, 2.24) is 10.6 Å². The van der Waals surface area contributed by atoms with Crippen molar-refractivity contribution in [3.63, 3.8) is 0 Å². The molecule has 2 aromatic carbocycles. The van der Waals surface area contributed by atoms with Gasteiger partial charge in [0.1, 0.15) is 5.92 Å². The smallest absolute Gasteiger partial charge is 0.363 e. The van der Waals surface area contributed by atoms with Crippen LogP contribution in [0.5, 0.6) is 0 Å². The van der Waals surface area contributed by atoms with Crippen molar-refractivity contribution in [1.29, 1.82) is 0 Å². The zero-order valence-corrected chi connectivity index (χ0v) is 15.3. The van der Waals surface area contributed by atoms with Crippen LogP contribution in [0.25, 0.3) is 0 Å². The Morgan fingerprint density at radius 2 is 1.72 bits per heavy atom. The number of hydrogen-bond acceptors (Lipinski definition) is 5. The minimum absolute atomic E-state index is 0.0384. The second kappa shape index (κ2) is 7.41. The van der Waals surface area contributed by atoms with Gasteiger partial charge in [0.2, 0.25) is 5.72 Å². The molecule has 7 nitrogen and oxygen atoms in total. The summed E-state index contributed by atoms with van der Waals surface area (Å²) in [6.45, 7) is 0. The van der Waals surface area contributed by atoms with E-state index in [9.17, 15) is 33.2 Å². The van der Waals surface area contributed by atoms with E-state index in [4.69, 9.17) is 12.2 Å². The number of carbonyl (C=O) groups excluding carboxylic acids is 1. The molecule has 3 rings (SSSR count). The number of rotatable bonds is 4. The Bertz CT molecular complexity index is 953. The molecule has 11 heteroatoms. The van der Waals surface area contributed by atoms with Gasteiger partial charge < -0.3 is 15.7 Å². The van der Waals surface area contributed by atoms with Crippen molar-refractivity contribution in [2.45, 2.75) is 17.9 Å². The van der Waals surface area contributed by atoms with E-state index in [1.54, 1.807) is 11.4 Å². The number of nitro benzene ring substituents is 1. The third-order valence-electron chi connectivity index (χ3n) is 4.61. The lowest BCUT2D eigenvalue weighted by atomic mass is 9.77. The lowest BCUT2D eigenvalue weighted by molar-refractivity contribution is -0.384. The Morgan fingerprint density at radius 1 is 1.14 bits per heavy atom. The maximum absolute atomic E-state index is 13.8. The van der Waals surface area contributed by atoms with Gasteiger partial charge in [-0.1, -0.05) is 42.5 Å². The summed E-state index contributed by atoms with van der Waals surface area (Å²) in [5.74, 6) is -3.03. The molecule has 0 bridgehead atoms. The number of non-ortho nitro benzene ring substituents is 1. The van der Waals surface area contributed by atoms with Crippen molar-refractivity contribution in [3.8, 4) is 0 Å². The molecule has 0 radical (unpaired) electrons. The predicted octanol–water partition coefficient (Wildman–Crippen LogP) is 2.86.